The number of nitrogens with zero attached hydrogens (tertiary/aromatic N) is 1. The zero-order valence-corrected chi connectivity index (χ0v) is 12.5. The monoisotopic (exact) mass is 246 g/mol. The molecule has 2 N–H and O–H groups in total. The first-order valence-corrected chi connectivity index (χ1v) is 7.92. The number of hydrogen-bond donors (Lipinski definition) is 1. The summed E-state index contributed by atoms with van der Waals surface area (Å²) in [7, 11) is 2.24. The number of likely N-dealkylation sites (N-methyl/N-ethyl adjacent to an activating group) is 1. The lowest BCUT2D eigenvalue weighted by atomic mass is 9.92. The van der Waals surface area contributed by atoms with Crippen LogP contribution in [-0.2, 0) is 0 Å². The van der Waals surface area contributed by atoms with Crippen molar-refractivity contribution in [1.82, 2.24) is 4.90 Å². The van der Waals surface area contributed by atoms with Crippen molar-refractivity contribution in [1.29, 1.82) is 0 Å². The van der Waals surface area contributed by atoms with Gasteiger partial charge in [-0.05, 0) is 38.3 Å². The largest absolute Gasteiger partial charge is 0.329 e. The van der Waals surface area contributed by atoms with Crippen molar-refractivity contribution in [3.05, 3.63) is 0 Å². The van der Waals surface area contributed by atoms with Gasteiger partial charge in [0.15, 0.2) is 0 Å². The molecule has 0 aromatic rings. The Kier molecular flexibility index (Phi) is 9.47. The van der Waals surface area contributed by atoms with Gasteiger partial charge in [0.2, 0.25) is 0 Å². The Labute approximate surface area is 106 Å². The summed E-state index contributed by atoms with van der Waals surface area (Å²) in [6, 6.07) is 1.19. The van der Waals surface area contributed by atoms with Crippen LogP contribution in [0, 0.1) is 5.92 Å². The van der Waals surface area contributed by atoms with Crippen LogP contribution in [-0.4, -0.2) is 42.6 Å². The summed E-state index contributed by atoms with van der Waals surface area (Å²) in [6.07, 6.45) is 5.90. The number of thioether (sulfide) groups is 1. The second-order valence-electron chi connectivity index (χ2n) is 4.68. The fourth-order valence-electron chi connectivity index (χ4n) is 2.34. The van der Waals surface area contributed by atoms with Crippen LogP contribution in [0.1, 0.15) is 40.0 Å². The van der Waals surface area contributed by atoms with Gasteiger partial charge in [0, 0.05) is 18.6 Å². The Balaban J connectivity index is 4.32. The smallest absolute Gasteiger partial charge is 0.0246 e. The summed E-state index contributed by atoms with van der Waals surface area (Å²) in [5, 5.41) is 0. The molecule has 0 radical (unpaired) electrons. The predicted molar refractivity (Wildman–Crippen MR) is 77.1 cm³/mol. The Hall–Kier alpha value is 0.270. The molecule has 0 heterocycles. The topological polar surface area (TPSA) is 29.3 Å². The highest BCUT2D eigenvalue weighted by Crippen LogP contribution is 2.20. The normalized spacial score (nSPS) is 15.8. The van der Waals surface area contributed by atoms with Crippen LogP contribution < -0.4 is 5.73 Å². The molecule has 0 fully saturated rings. The maximum atomic E-state index is 5.95. The number of rotatable bonds is 9. The molecule has 98 valence electrons. The van der Waals surface area contributed by atoms with Crippen molar-refractivity contribution < 1.29 is 0 Å². The van der Waals surface area contributed by atoms with Crippen LogP contribution in [0.3, 0.4) is 0 Å². The molecule has 0 amide bonds. The van der Waals surface area contributed by atoms with Gasteiger partial charge in [-0.1, -0.05) is 26.7 Å². The van der Waals surface area contributed by atoms with E-state index in [1.807, 2.05) is 11.8 Å². The van der Waals surface area contributed by atoms with E-state index in [2.05, 4.69) is 39.0 Å². The molecule has 0 aliphatic rings. The van der Waals surface area contributed by atoms with Gasteiger partial charge in [0.25, 0.3) is 0 Å². The molecule has 0 aromatic carbocycles. The molecule has 2 atom stereocenters. The van der Waals surface area contributed by atoms with E-state index in [-0.39, 0.29) is 0 Å². The Morgan fingerprint density at radius 1 is 1.25 bits per heavy atom. The fourth-order valence-corrected chi connectivity index (χ4v) is 2.92. The molecule has 0 saturated heterocycles. The van der Waals surface area contributed by atoms with E-state index in [4.69, 9.17) is 5.73 Å². The van der Waals surface area contributed by atoms with Crippen LogP contribution in [0.15, 0.2) is 0 Å². The third kappa shape index (κ3) is 5.07. The van der Waals surface area contributed by atoms with Gasteiger partial charge in [-0.2, -0.15) is 11.8 Å². The second-order valence-corrected chi connectivity index (χ2v) is 5.66. The van der Waals surface area contributed by atoms with Crippen molar-refractivity contribution in [3.8, 4) is 0 Å². The number of nitrogens with two attached hydrogens (primary N) is 1. The fraction of sp³-hybridized carbons (Fsp3) is 1.00. The standard InChI is InChI=1S/C13H30N2S/c1-6-12(7-2)13(10-14)15(4)11(3)8-9-16-5/h11-13H,6-10,14H2,1-5H3. The maximum Gasteiger partial charge on any atom is 0.0246 e. The van der Waals surface area contributed by atoms with Gasteiger partial charge in [-0.15, -0.1) is 0 Å². The zero-order chi connectivity index (χ0) is 12.6. The van der Waals surface area contributed by atoms with Gasteiger partial charge in [-0.25, -0.2) is 0 Å². The first-order valence-electron chi connectivity index (χ1n) is 6.53. The Morgan fingerprint density at radius 3 is 2.19 bits per heavy atom. The van der Waals surface area contributed by atoms with E-state index in [9.17, 15) is 0 Å². The highest BCUT2D eigenvalue weighted by molar-refractivity contribution is 7.98. The van der Waals surface area contributed by atoms with Crippen molar-refractivity contribution in [2.45, 2.75) is 52.1 Å². The SMILES string of the molecule is CCC(CC)C(CN)N(C)C(C)CCSC. The summed E-state index contributed by atoms with van der Waals surface area (Å²) in [5.41, 5.74) is 5.95. The highest BCUT2D eigenvalue weighted by atomic mass is 32.2. The van der Waals surface area contributed by atoms with E-state index in [1.54, 1.807) is 0 Å². The maximum absolute atomic E-state index is 5.95. The summed E-state index contributed by atoms with van der Waals surface area (Å²) < 4.78 is 0. The summed E-state index contributed by atoms with van der Waals surface area (Å²) >= 11 is 1.93. The molecule has 2 nitrogen and oxygen atoms in total. The minimum absolute atomic E-state index is 0.548. The van der Waals surface area contributed by atoms with Gasteiger partial charge < -0.3 is 5.73 Å². The molecule has 0 spiro atoms. The zero-order valence-electron chi connectivity index (χ0n) is 11.7. The van der Waals surface area contributed by atoms with Crippen molar-refractivity contribution >= 4 is 11.8 Å². The molecule has 0 rings (SSSR count). The minimum Gasteiger partial charge on any atom is -0.329 e. The summed E-state index contributed by atoms with van der Waals surface area (Å²) in [4.78, 5) is 2.49. The van der Waals surface area contributed by atoms with Crippen LogP contribution in [0.2, 0.25) is 0 Å². The van der Waals surface area contributed by atoms with Crippen molar-refractivity contribution in [2.24, 2.45) is 11.7 Å². The Bertz CT molecular complexity index is 160. The third-order valence-corrected chi connectivity index (χ3v) is 4.44. The van der Waals surface area contributed by atoms with E-state index in [0.717, 1.165) is 12.5 Å². The molecule has 0 aliphatic heterocycles. The molecule has 3 heteroatoms. The minimum atomic E-state index is 0.548. The molecule has 16 heavy (non-hydrogen) atoms. The summed E-state index contributed by atoms with van der Waals surface area (Å²) in [6.45, 7) is 7.65. The molecule has 0 bridgehead atoms. The van der Waals surface area contributed by atoms with Gasteiger partial charge in [0.1, 0.15) is 0 Å². The lowest BCUT2D eigenvalue weighted by Crippen LogP contribution is -2.47. The van der Waals surface area contributed by atoms with Crippen molar-refractivity contribution in [3.63, 3.8) is 0 Å². The quantitative estimate of drug-likeness (QED) is 0.678. The van der Waals surface area contributed by atoms with Crippen LogP contribution in [0.4, 0.5) is 0 Å². The third-order valence-electron chi connectivity index (χ3n) is 3.79. The van der Waals surface area contributed by atoms with E-state index >= 15 is 0 Å². The Morgan fingerprint density at radius 2 is 1.81 bits per heavy atom. The first-order chi connectivity index (χ1) is 7.62. The van der Waals surface area contributed by atoms with Crippen LogP contribution >= 0.6 is 11.8 Å². The van der Waals surface area contributed by atoms with E-state index in [1.165, 1.54) is 25.0 Å². The van der Waals surface area contributed by atoms with Gasteiger partial charge in [-0.3, -0.25) is 4.90 Å². The number of hydrogen-bond acceptors (Lipinski definition) is 3. The molecule has 0 aromatic heterocycles. The summed E-state index contributed by atoms with van der Waals surface area (Å²) in [5.74, 6) is 1.98. The average Bonchev–Trinajstić information content (AvgIpc) is 2.31. The van der Waals surface area contributed by atoms with E-state index < -0.39 is 0 Å². The van der Waals surface area contributed by atoms with Crippen molar-refractivity contribution in [2.75, 3.05) is 25.6 Å². The second kappa shape index (κ2) is 9.32. The molecule has 2 unspecified atom stereocenters. The first kappa shape index (κ1) is 16.3. The van der Waals surface area contributed by atoms with Crippen LogP contribution in [0.25, 0.3) is 0 Å². The van der Waals surface area contributed by atoms with Crippen LogP contribution in [0.5, 0.6) is 0 Å². The van der Waals surface area contributed by atoms with Gasteiger partial charge in [0.05, 0.1) is 0 Å². The lowest BCUT2D eigenvalue weighted by Gasteiger charge is -2.37. The molecular weight excluding hydrogens is 216 g/mol. The highest BCUT2D eigenvalue weighted by Gasteiger charge is 2.24. The molecular formula is C13H30N2S. The predicted octanol–water partition coefficient (Wildman–Crippen LogP) is 2.82. The molecule has 0 saturated carbocycles. The van der Waals surface area contributed by atoms with Gasteiger partial charge >= 0.3 is 0 Å². The molecule has 0 aliphatic carbocycles. The average molecular weight is 246 g/mol. The van der Waals surface area contributed by atoms with E-state index in [0.29, 0.717) is 12.1 Å². The lowest BCUT2D eigenvalue weighted by molar-refractivity contribution is 0.128.